The molecule has 0 aliphatic carbocycles. The molecule has 0 amide bonds. The Labute approximate surface area is 56.5 Å². The Bertz CT molecular complexity index is 67.0. The summed E-state index contributed by atoms with van der Waals surface area (Å²) in [5, 5.41) is 7.00. The zero-order chi connectivity index (χ0) is 6.69. The fourth-order valence-corrected chi connectivity index (χ4v) is 1.72. The van der Waals surface area contributed by atoms with Gasteiger partial charge in [-0.1, -0.05) is 0 Å². The van der Waals surface area contributed by atoms with E-state index in [0.29, 0.717) is 0 Å². The molecule has 0 radical (unpaired) electrons. The number of nitrogens with zero attached hydrogens (tertiary/aromatic N) is 1. The number of fused-ring (bicyclic) bond motifs is 2. The van der Waals surface area contributed by atoms with Crippen LogP contribution >= 0.6 is 0 Å². The predicted octanol–water partition coefficient (Wildman–Crippen LogP) is 0.321. The summed E-state index contributed by atoms with van der Waals surface area (Å²) in [6.07, 6.45) is 2.97. The molecule has 2 fully saturated rings. The monoisotopic (exact) mass is 129 g/mol. The molecule has 0 aromatic rings. The van der Waals surface area contributed by atoms with Crippen LogP contribution in [0.15, 0.2) is 0 Å². The molecule has 2 heteroatoms. The highest BCUT2D eigenvalue weighted by Crippen LogP contribution is 2.26. The molecule has 9 heavy (non-hydrogen) atoms. The molecule has 0 atom stereocenters. The Kier molecular flexibility index (Phi) is 2.49. The number of aliphatic hydroxyl groups is 1. The van der Waals surface area contributed by atoms with Crippen molar-refractivity contribution in [3.05, 3.63) is 0 Å². The quantitative estimate of drug-likeness (QED) is 0.509. The van der Waals surface area contributed by atoms with E-state index in [2.05, 4.69) is 4.90 Å². The van der Waals surface area contributed by atoms with Crippen LogP contribution in [0.25, 0.3) is 0 Å². The van der Waals surface area contributed by atoms with Gasteiger partial charge >= 0.3 is 0 Å². The Morgan fingerprint density at radius 3 is 1.89 bits per heavy atom. The second-order valence-corrected chi connectivity index (χ2v) is 2.74. The molecule has 0 unspecified atom stereocenters. The normalized spacial score (nSPS) is 38.0. The molecule has 2 saturated heterocycles. The highest BCUT2D eigenvalue weighted by atomic mass is 16.2. The molecular formula is C7H15NO. The minimum Gasteiger partial charge on any atom is -0.400 e. The molecule has 54 valence electrons. The van der Waals surface area contributed by atoms with Crippen molar-refractivity contribution in [3.63, 3.8) is 0 Å². The van der Waals surface area contributed by atoms with Gasteiger partial charge in [0.25, 0.3) is 0 Å². The van der Waals surface area contributed by atoms with Crippen molar-refractivity contribution < 1.29 is 5.11 Å². The fourth-order valence-electron chi connectivity index (χ4n) is 1.72. The second-order valence-electron chi connectivity index (χ2n) is 2.74. The van der Waals surface area contributed by atoms with E-state index < -0.39 is 0 Å². The van der Waals surface area contributed by atoms with Crippen LogP contribution in [0.3, 0.4) is 0 Å². The summed E-state index contributed by atoms with van der Waals surface area (Å²) in [6, 6.07) is 0. The van der Waals surface area contributed by atoms with E-state index >= 15 is 0 Å². The van der Waals surface area contributed by atoms with Crippen molar-refractivity contribution >= 4 is 0 Å². The fraction of sp³-hybridized carbons (Fsp3) is 1.00. The van der Waals surface area contributed by atoms with Crippen LogP contribution in [0, 0.1) is 5.92 Å². The summed E-state index contributed by atoms with van der Waals surface area (Å²) >= 11 is 0. The van der Waals surface area contributed by atoms with Gasteiger partial charge in [0.1, 0.15) is 0 Å². The number of rotatable bonds is 0. The summed E-state index contributed by atoms with van der Waals surface area (Å²) in [7, 11) is 1.00. The summed E-state index contributed by atoms with van der Waals surface area (Å²) in [5.41, 5.74) is 0. The molecule has 2 aliphatic rings. The van der Waals surface area contributed by atoms with Crippen LogP contribution < -0.4 is 0 Å². The summed E-state index contributed by atoms with van der Waals surface area (Å²) in [4.78, 5) is 2.56. The maximum atomic E-state index is 7.00. The molecule has 2 aliphatic heterocycles. The third-order valence-electron chi connectivity index (χ3n) is 2.22. The Balaban J connectivity index is 0.000000186. The highest BCUT2D eigenvalue weighted by Gasteiger charge is 2.28. The first-order chi connectivity index (χ1) is 4.45. The van der Waals surface area contributed by atoms with Gasteiger partial charge in [-0.05, 0) is 31.8 Å². The second kappa shape index (κ2) is 3.18. The Morgan fingerprint density at radius 1 is 1.22 bits per heavy atom. The molecule has 2 nitrogen and oxygen atoms in total. The first-order valence-electron chi connectivity index (χ1n) is 3.62. The topological polar surface area (TPSA) is 23.5 Å². The molecule has 2 rings (SSSR count). The van der Waals surface area contributed by atoms with E-state index in [-0.39, 0.29) is 0 Å². The lowest BCUT2D eigenvalue weighted by atomic mass is 10.1. The minimum absolute atomic E-state index is 1.00. The van der Waals surface area contributed by atoms with E-state index in [1.165, 1.54) is 32.5 Å². The van der Waals surface area contributed by atoms with E-state index in [0.717, 1.165) is 13.0 Å². The van der Waals surface area contributed by atoms with Crippen LogP contribution in [-0.4, -0.2) is 36.8 Å². The number of piperidine rings is 1. The predicted molar refractivity (Wildman–Crippen MR) is 37.3 cm³/mol. The smallest absolute Gasteiger partial charge is 0.0319 e. The van der Waals surface area contributed by atoms with Gasteiger partial charge in [0, 0.05) is 13.7 Å². The van der Waals surface area contributed by atoms with Crippen molar-refractivity contribution in [1.29, 1.82) is 0 Å². The third kappa shape index (κ3) is 1.43. The van der Waals surface area contributed by atoms with Gasteiger partial charge in [-0.25, -0.2) is 0 Å². The van der Waals surface area contributed by atoms with E-state index in [9.17, 15) is 0 Å². The summed E-state index contributed by atoms with van der Waals surface area (Å²) < 4.78 is 0. The van der Waals surface area contributed by atoms with Crippen LogP contribution in [0.5, 0.6) is 0 Å². The molecule has 0 saturated carbocycles. The van der Waals surface area contributed by atoms with Crippen LogP contribution in [0.1, 0.15) is 12.8 Å². The zero-order valence-corrected chi connectivity index (χ0v) is 6.01. The molecule has 0 spiro atoms. The van der Waals surface area contributed by atoms with Crippen molar-refractivity contribution in [1.82, 2.24) is 4.90 Å². The molecule has 2 bridgehead atoms. The highest BCUT2D eigenvalue weighted by molar-refractivity contribution is 4.82. The van der Waals surface area contributed by atoms with Gasteiger partial charge < -0.3 is 10.0 Å². The molecule has 2 heterocycles. The van der Waals surface area contributed by atoms with Crippen LogP contribution in [0.2, 0.25) is 0 Å². The zero-order valence-electron chi connectivity index (χ0n) is 6.01. The van der Waals surface area contributed by atoms with Gasteiger partial charge in [0.15, 0.2) is 0 Å². The lowest BCUT2D eigenvalue weighted by Gasteiger charge is -2.09. The first-order valence-corrected chi connectivity index (χ1v) is 3.62. The summed E-state index contributed by atoms with van der Waals surface area (Å²) in [5.74, 6) is 1.10. The van der Waals surface area contributed by atoms with E-state index in [4.69, 9.17) is 5.11 Å². The Hall–Kier alpha value is -0.0800. The van der Waals surface area contributed by atoms with E-state index in [1.54, 1.807) is 0 Å². The lowest BCUT2D eigenvalue weighted by molar-refractivity contribution is 0.368. The lowest BCUT2D eigenvalue weighted by Crippen LogP contribution is -2.15. The largest absolute Gasteiger partial charge is 0.400 e. The number of aliphatic hydroxyl groups excluding tert-OH is 1. The van der Waals surface area contributed by atoms with Crippen LogP contribution in [-0.2, 0) is 0 Å². The molecule has 1 N–H and O–H groups in total. The number of hydrogen-bond donors (Lipinski definition) is 1. The van der Waals surface area contributed by atoms with Crippen molar-refractivity contribution in [2.24, 2.45) is 5.92 Å². The van der Waals surface area contributed by atoms with Gasteiger partial charge in [-0.15, -0.1) is 0 Å². The standard InChI is InChI=1S/C6H11N.CH4O/c1-3-7-4-2-6(1)5-7;1-2/h6H,1-5H2;2H,1H3. The van der Waals surface area contributed by atoms with Gasteiger partial charge in [-0.3, -0.25) is 0 Å². The maximum absolute atomic E-state index is 7.00. The Morgan fingerprint density at radius 2 is 1.78 bits per heavy atom. The van der Waals surface area contributed by atoms with Gasteiger partial charge in [-0.2, -0.15) is 0 Å². The van der Waals surface area contributed by atoms with Crippen molar-refractivity contribution in [3.8, 4) is 0 Å². The van der Waals surface area contributed by atoms with Crippen LogP contribution in [0.4, 0.5) is 0 Å². The average Bonchev–Trinajstić information content (AvgIpc) is 2.53. The number of hydrogen-bond acceptors (Lipinski definition) is 2. The van der Waals surface area contributed by atoms with Gasteiger partial charge in [0.05, 0.1) is 0 Å². The average molecular weight is 129 g/mol. The van der Waals surface area contributed by atoms with E-state index in [1.807, 2.05) is 0 Å². The third-order valence-corrected chi connectivity index (χ3v) is 2.22. The van der Waals surface area contributed by atoms with Crippen molar-refractivity contribution in [2.75, 3.05) is 26.7 Å². The van der Waals surface area contributed by atoms with Crippen molar-refractivity contribution in [2.45, 2.75) is 12.8 Å². The maximum Gasteiger partial charge on any atom is 0.0319 e. The molecule has 0 aromatic carbocycles. The first kappa shape index (κ1) is 7.03. The SMILES string of the molecule is C1CN2CCC1C2.CO. The summed E-state index contributed by atoms with van der Waals surface area (Å²) in [6.45, 7) is 4.20. The molecular weight excluding hydrogens is 114 g/mol. The molecule has 0 aromatic heterocycles. The van der Waals surface area contributed by atoms with Gasteiger partial charge in [0.2, 0.25) is 0 Å². The minimum atomic E-state index is 1.00.